The van der Waals surface area contributed by atoms with Crippen molar-refractivity contribution in [3.8, 4) is 0 Å². The summed E-state index contributed by atoms with van der Waals surface area (Å²) in [5.41, 5.74) is 2.57. The van der Waals surface area contributed by atoms with Crippen LogP contribution in [0.15, 0.2) is 89.8 Å². The smallest absolute Gasteiger partial charge is 0.266 e. The van der Waals surface area contributed by atoms with E-state index in [9.17, 15) is 27.6 Å². The van der Waals surface area contributed by atoms with Crippen LogP contribution in [0.3, 0.4) is 0 Å². The van der Waals surface area contributed by atoms with Crippen LogP contribution >= 0.6 is 23.5 Å². The van der Waals surface area contributed by atoms with Crippen molar-refractivity contribution in [2.24, 2.45) is 0 Å². The van der Waals surface area contributed by atoms with E-state index in [0.29, 0.717) is 29.4 Å². The van der Waals surface area contributed by atoms with E-state index in [-0.39, 0.29) is 135 Å². The first-order chi connectivity index (χ1) is 21.4. The summed E-state index contributed by atoms with van der Waals surface area (Å²) in [6.45, 7) is 2.65. The molecule has 4 aliphatic rings. The zero-order valence-corrected chi connectivity index (χ0v) is 27.1. The third-order valence-corrected chi connectivity index (χ3v) is 13.1. The van der Waals surface area contributed by atoms with Crippen LogP contribution in [0.4, 0.5) is 5.69 Å². The number of sulfonamides is 1. The summed E-state index contributed by atoms with van der Waals surface area (Å²) in [4.78, 5) is 55.6. The molecule has 3 aromatic carbocycles. The molecule has 0 aromatic heterocycles. The standard InChI is InChI=1S/C33H29N3O6S3.16CH4/c1-20(37)43-29-28(39)35-30-32(25-18-17-22-11-7-8-14-24(22)25,19-33(35,44-21(2)38)31(40)34(29)3)26-15-9-10-16-27(26)36(30)45(41,42)23-12-5-4-6-13-23;;;;;;;;;;;;;;;;/h4-16,18,29-30H,17,19H2,1-3H3;16*1H4/t29-,30-,32-,33-;;;;;;;;;;;;;;;;/m0................/s1. The number of benzene rings is 3. The molecule has 7 rings (SSSR count). The van der Waals surface area contributed by atoms with Crippen molar-refractivity contribution >= 4 is 66.9 Å². The summed E-state index contributed by atoms with van der Waals surface area (Å²) >= 11 is 1.44. The Labute approximate surface area is 387 Å². The highest BCUT2D eigenvalue weighted by atomic mass is 32.2. The van der Waals surface area contributed by atoms with Crippen LogP contribution in [-0.2, 0) is 41.0 Å². The number of carbonyl (C=O) groups excluding carboxylic acids is 4. The number of likely N-dealkylation sites (N-methyl/N-ethyl adjacent to an activating group) is 1. The molecule has 3 aliphatic heterocycles. The van der Waals surface area contributed by atoms with Crippen LogP contribution in [-0.4, -0.2) is 63.7 Å². The lowest BCUT2D eigenvalue weighted by Crippen LogP contribution is -2.70. The van der Waals surface area contributed by atoms with Crippen LogP contribution in [0, 0.1) is 0 Å². The largest absolute Gasteiger partial charge is 0.322 e. The Morgan fingerprint density at radius 1 is 0.672 bits per heavy atom. The first-order valence-electron chi connectivity index (χ1n) is 14.4. The third kappa shape index (κ3) is 11.4. The number of piperazine rings is 1. The quantitative estimate of drug-likeness (QED) is 0.249. The number of para-hydroxylation sites is 1. The highest BCUT2D eigenvalue weighted by Gasteiger charge is 2.76. The number of carbonyl (C=O) groups is 4. The number of fused-ring (bicyclic) bond motifs is 6. The monoisotopic (exact) mass is 916 g/mol. The first-order valence-corrected chi connectivity index (χ1v) is 17.5. The summed E-state index contributed by atoms with van der Waals surface area (Å²) in [6.07, 6.45) is 1.35. The number of anilines is 1. The predicted octanol–water partition coefficient (Wildman–Crippen LogP) is 14.6. The Hall–Kier alpha value is -3.87. The maximum Gasteiger partial charge on any atom is 0.266 e. The molecule has 61 heavy (non-hydrogen) atoms. The van der Waals surface area contributed by atoms with E-state index >= 15 is 0 Å². The second-order valence-electron chi connectivity index (χ2n) is 11.6. The van der Waals surface area contributed by atoms with Gasteiger partial charge in [0, 0.05) is 27.3 Å². The van der Waals surface area contributed by atoms with Gasteiger partial charge in [-0.05, 0) is 58.6 Å². The molecule has 0 saturated carbocycles. The number of rotatable bonds is 5. The van der Waals surface area contributed by atoms with E-state index in [0.717, 1.165) is 28.5 Å². The van der Waals surface area contributed by atoms with Crippen LogP contribution in [0.5, 0.6) is 0 Å². The Morgan fingerprint density at radius 3 is 1.69 bits per heavy atom. The SMILES string of the molecule is C.C.C.C.C.C.C.C.C.C.C.C.C.C.C.C.CC(=O)S[C@H]1C(=O)N2[C@H]3N(S(=O)(=O)c4ccccc4)c4ccccc4[C@@]3(C3=CCc4ccccc43)C[C@]2(SC(C)=O)C(=O)N1C. The molecule has 2 saturated heterocycles. The number of thioether (sulfide) groups is 2. The van der Waals surface area contributed by atoms with Crippen molar-refractivity contribution < 1.29 is 27.6 Å². The number of amides is 2. The van der Waals surface area contributed by atoms with E-state index in [1.807, 2.05) is 36.4 Å². The molecule has 0 N–H and O–H groups in total. The molecule has 0 radical (unpaired) electrons. The molecule has 0 bridgehead atoms. The van der Waals surface area contributed by atoms with Gasteiger partial charge in [-0.25, -0.2) is 12.7 Å². The molecule has 4 atom stereocenters. The summed E-state index contributed by atoms with van der Waals surface area (Å²) in [5, 5.41) is -2.00. The Morgan fingerprint density at radius 2 is 1.16 bits per heavy atom. The van der Waals surface area contributed by atoms with Crippen molar-refractivity contribution in [1.29, 1.82) is 0 Å². The average molecular weight is 916 g/mol. The van der Waals surface area contributed by atoms with Crippen molar-refractivity contribution in [1.82, 2.24) is 9.80 Å². The minimum Gasteiger partial charge on any atom is -0.322 e. The van der Waals surface area contributed by atoms with Crippen molar-refractivity contribution in [2.45, 2.75) is 172 Å². The molecule has 2 amide bonds. The Bertz CT molecular complexity index is 1950. The molecule has 3 aromatic rings. The van der Waals surface area contributed by atoms with Crippen LogP contribution in [0.2, 0.25) is 0 Å². The van der Waals surface area contributed by atoms with Crippen molar-refractivity contribution in [3.63, 3.8) is 0 Å². The molecular formula is C49H93N3O6S3. The summed E-state index contributed by atoms with van der Waals surface area (Å²) < 4.78 is 30.9. The van der Waals surface area contributed by atoms with E-state index in [4.69, 9.17) is 0 Å². The van der Waals surface area contributed by atoms with Gasteiger partial charge in [0.2, 0.25) is 0 Å². The maximum absolute atomic E-state index is 14.8. The number of allylic oxidation sites excluding steroid dienone is 1. The van der Waals surface area contributed by atoms with E-state index in [2.05, 4.69) is 6.08 Å². The van der Waals surface area contributed by atoms with Gasteiger partial charge in [0.15, 0.2) is 20.5 Å². The molecule has 358 valence electrons. The fraction of sp³-hybridized carbons (Fsp3) is 0.510. The zero-order valence-electron chi connectivity index (χ0n) is 24.7. The average Bonchev–Trinajstić information content (AvgIpc) is 3.65. The molecule has 1 aliphatic carbocycles. The summed E-state index contributed by atoms with van der Waals surface area (Å²) in [5.74, 6) is -1.14. The van der Waals surface area contributed by atoms with Gasteiger partial charge in [0.1, 0.15) is 6.17 Å². The van der Waals surface area contributed by atoms with E-state index in [1.54, 1.807) is 30.3 Å². The zero-order chi connectivity index (χ0) is 31.9. The number of nitrogens with zero attached hydrogens (tertiary/aromatic N) is 3. The predicted molar refractivity (Wildman–Crippen MR) is 281 cm³/mol. The topological polar surface area (TPSA) is 112 Å². The number of hydrogen-bond acceptors (Lipinski definition) is 8. The summed E-state index contributed by atoms with van der Waals surface area (Å²) in [7, 11) is -2.88. The van der Waals surface area contributed by atoms with Gasteiger partial charge in [0.05, 0.1) is 16.0 Å². The Balaban J connectivity index is -0.000000203. The lowest BCUT2D eigenvalue weighted by atomic mass is 9.70. The van der Waals surface area contributed by atoms with E-state index < -0.39 is 48.8 Å². The van der Waals surface area contributed by atoms with Crippen molar-refractivity contribution in [2.75, 3.05) is 11.4 Å². The molecular weight excluding hydrogens is 823 g/mol. The fourth-order valence-corrected chi connectivity index (χ4v) is 11.3. The second kappa shape index (κ2) is 28.7. The van der Waals surface area contributed by atoms with Crippen LogP contribution in [0.25, 0.3) is 5.57 Å². The van der Waals surface area contributed by atoms with Crippen LogP contribution in [0.1, 0.15) is 156 Å². The highest BCUT2D eigenvalue weighted by Crippen LogP contribution is 2.67. The fourth-order valence-electron chi connectivity index (χ4n) is 7.54. The van der Waals surface area contributed by atoms with Crippen molar-refractivity contribution in [3.05, 3.63) is 102 Å². The molecule has 0 unspecified atom stereocenters. The van der Waals surface area contributed by atoms with Gasteiger partial charge >= 0.3 is 0 Å². The Kier molecular flexibility index (Phi) is 38.1. The molecule has 0 spiro atoms. The lowest BCUT2D eigenvalue weighted by Gasteiger charge is -2.49. The molecule has 2 fully saturated rings. The summed E-state index contributed by atoms with van der Waals surface area (Å²) in [6, 6.07) is 23.0. The van der Waals surface area contributed by atoms with Crippen LogP contribution < -0.4 is 4.31 Å². The third-order valence-electron chi connectivity index (χ3n) is 9.10. The number of hydrogen-bond donors (Lipinski definition) is 0. The highest BCUT2D eigenvalue weighted by molar-refractivity contribution is 8.15. The van der Waals surface area contributed by atoms with Gasteiger partial charge in [-0.3, -0.25) is 24.1 Å². The van der Waals surface area contributed by atoms with Gasteiger partial charge in [-0.15, -0.1) is 0 Å². The van der Waals surface area contributed by atoms with Gasteiger partial charge in [-0.2, -0.15) is 0 Å². The minimum atomic E-state index is -4.33. The van der Waals surface area contributed by atoms with Gasteiger partial charge in [-0.1, -0.05) is 197 Å². The lowest BCUT2D eigenvalue weighted by molar-refractivity contribution is -0.157. The maximum atomic E-state index is 14.8. The first kappa shape index (κ1) is 81.0. The minimum absolute atomic E-state index is 0. The second-order valence-corrected chi connectivity index (χ2v) is 16.1. The van der Waals surface area contributed by atoms with E-state index in [1.165, 1.54) is 47.1 Å². The molecule has 9 nitrogen and oxygen atoms in total. The van der Waals surface area contributed by atoms with Gasteiger partial charge in [0.25, 0.3) is 21.8 Å². The van der Waals surface area contributed by atoms with Gasteiger partial charge < -0.3 is 4.90 Å². The molecule has 3 heterocycles. The normalized spacial score (nSPS) is 19.7. The molecule has 12 heteroatoms.